The smallest absolute Gasteiger partial charge is 0.187 e. The third-order valence-corrected chi connectivity index (χ3v) is 5.05. The van der Waals surface area contributed by atoms with Crippen molar-refractivity contribution in [1.29, 1.82) is 0 Å². The molecular formula is C11H16Cl2N2S. The molecule has 1 aliphatic rings. The fraction of sp³-hybridized carbons (Fsp3) is 0.727. The van der Waals surface area contributed by atoms with Gasteiger partial charge in [-0.2, -0.15) is 0 Å². The van der Waals surface area contributed by atoms with Crippen LogP contribution in [0.5, 0.6) is 0 Å². The van der Waals surface area contributed by atoms with Crippen LogP contribution in [0.4, 0.5) is 5.13 Å². The van der Waals surface area contributed by atoms with Crippen molar-refractivity contribution in [2.45, 2.75) is 44.5 Å². The van der Waals surface area contributed by atoms with Crippen LogP contribution in [-0.4, -0.2) is 17.6 Å². The highest BCUT2D eigenvalue weighted by Crippen LogP contribution is 2.34. The fourth-order valence-electron chi connectivity index (χ4n) is 2.29. The van der Waals surface area contributed by atoms with Crippen LogP contribution in [0.15, 0.2) is 0 Å². The van der Waals surface area contributed by atoms with E-state index in [-0.39, 0.29) is 0 Å². The summed E-state index contributed by atoms with van der Waals surface area (Å²) in [6.45, 7) is 3.17. The molecule has 0 atom stereocenters. The molecule has 0 aromatic carbocycles. The molecule has 0 N–H and O–H groups in total. The normalized spacial score (nSPS) is 16.9. The molecule has 2 nitrogen and oxygen atoms in total. The molecule has 0 aliphatic heterocycles. The summed E-state index contributed by atoms with van der Waals surface area (Å²) >= 11 is 13.5. The Labute approximate surface area is 111 Å². The highest BCUT2D eigenvalue weighted by atomic mass is 35.5. The Balaban J connectivity index is 2.18. The lowest BCUT2D eigenvalue weighted by Gasteiger charge is -2.26. The first-order valence-electron chi connectivity index (χ1n) is 5.74. The lowest BCUT2D eigenvalue weighted by molar-refractivity contribution is 0.618. The molecule has 2 rings (SSSR count). The molecule has 1 heterocycles. The molecule has 0 amide bonds. The Hall–Kier alpha value is 0.01000. The van der Waals surface area contributed by atoms with Crippen molar-refractivity contribution in [1.82, 2.24) is 4.98 Å². The fourth-order valence-corrected chi connectivity index (χ4v) is 3.90. The van der Waals surface area contributed by atoms with Crippen molar-refractivity contribution in [3.05, 3.63) is 10.0 Å². The Morgan fingerprint density at radius 3 is 2.62 bits per heavy atom. The molecule has 1 aromatic rings. The molecule has 1 aliphatic carbocycles. The van der Waals surface area contributed by atoms with Crippen molar-refractivity contribution in [3.8, 4) is 0 Å². The topological polar surface area (TPSA) is 16.1 Å². The average molecular weight is 279 g/mol. The largest absolute Gasteiger partial charge is 0.345 e. The van der Waals surface area contributed by atoms with Gasteiger partial charge in [0.15, 0.2) is 5.13 Å². The third kappa shape index (κ3) is 2.47. The van der Waals surface area contributed by atoms with Gasteiger partial charge in [0.1, 0.15) is 5.15 Å². The quantitative estimate of drug-likeness (QED) is 0.764. The second kappa shape index (κ2) is 5.56. The highest BCUT2D eigenvalue weighted by molar-refractivity contribution is 7.16. The maximum Gasteiger partial charge on any atom is 0.187 e. The first kappa shape index (κ1) is 12.5. The van der Waals surface area contributed by atoms with Crippen LogP contribution in [0.2, 0.25) is 5.15 Å². The van der Waals surface area contributed by atoms with E-state index in [1.165, 1.54) is 25.7 Å². The number of hydrogen-bond donors (Lipinski definition) is 0. The molecule has 1 saturated carbocycles. The predicted octanol–water partition coefficient (Wildman–Crippen LogP) is 4.30. The summed E-state index contributed by atoms with van der Waals surface area (Å²) in [6, 6.07) is 0.649. The summed E-state index contributed by atoms with van der Waals surface area (Å²) in [4.78, 5) is 7.78. The number of anilines is 1. The van der Waals surface area contributed by atoms with Gasteiger partial charge in [-0.05, 0) is 19.8 Å². The minimum atomic E-state index is 0.457. The summed E-state index contributed by atoms with van der Waals surface area (Å²) in [5.41, 5.74) is 0. The Bertz CT molecular complexity index is 348. The molecule has 1 fully saturated rings. The van der Waals surface area contributed by atoms with E-state index in [4.69, 9.17) is 23.2 Å². The second-order valence-electron chi connectivity index (χ2n) is 4.07. The Morgan fingerprint density at radius 1 is 1.44 bits per heavy atom. The molecule has 1 aromatic heterocycles. The van der Waals surface area contributed by atoms with Crippen LogP contribution >= 0.6 is 34.5 Å². The SMILES string of the molecule is CCN(c1nc(Cl)c(CCl)s1)C1CCCC1. The predicted molar refractivity (Wildman–Crippen MR) is 72.0 cm³/mol. The molecule has 0 bridgehead atoms. The molecular weight excluding hydrogens is 263 g/mol. The van der Waals surface area contributed by atoms with Crippen molar-refractivity contribution >= 4 is 39.7 Å². The number of nitrogens with zero attached hydrogens (tertiary/aromatic N) is 2. The summed E-state index contributed by atoms with van der Waals surface area (Å²) < 4.78 is 0. The molecule has 0 radical (unpaired) electrons. The number of thiazole rings is 1. The summed E-state index contributed by atoms with van der Waals surface area (Å²) in [6.07, 6.45) is 5.23. The van der Waals surface area contributed by atoms with E-state index >= 15 is 0 Å². The number of halogens is 2. The van der Waals surface area contributed by atoms with Crippen molar-refractivity contribution < 1.29 is 0 Å². The van der Waals surface area contributed by atoms with Crippen molar-refractivity contribution in [2.75, 3.05) is 11.4 Å². The van der Waals surface area contributed by atoms with E-state index in [0.717, 1.165) is 16.6 Å². The van der Waals surface area contributed by atoms with E-state index in [1.807, 2.05) is 0 Å². The van der Waals surface area contributed by atoms with Crippen LogP contribution in [-0.2, 0) is 5.88 Å². The maximum atomic E-state index is 6.04. The third-order valence-electron chi connectivity index (χ3n) is 3.11. The number of alkyl halides is 1. The highest BCUT2D eigenvalue weighted by Gasteiger charge is 2.24. The van der Waals surface area contributed by atoms with E-state index in [9.17, 15) is 0 Å². The lowest BCUT2D eigenvalue weighted by atomic mass is 10.2. The summed E-state index contributed by atoms with van der Waals surface area (Å²) in [7, 11) is 0. The molecule has 0 saturated heterocycles. The first-order chi connectivity index (χ1) is 7.76. The second-order valence-corrected chi connectivity index (χ2v) is 5.76. The molecule has 90 valence electrons. The maximum absolute atomic E-state index is 6.04. The Morgan fingerprint density at radius 2 is 2.12 bits per heavy atom. The number of aromatic nitrogens is 1. The van der Waals surface area contributed by atoms with Gasteiger partial charge in [-0.15, -0.1) is 11.6 Å². The first-order valence-corrected chi connectivity index (χ1v) is 7.47. The van der Waals surface area contributed by atoms with Gasteiger partial charge in [-0.3, -0.25) is 0 Å². The van der Waals surface area contributed by atoms with Gasteiger partial charge in [0.05, 0.1) is 10.8 Å². The minimum absolute atomic E-state index is 0.457. The zero-order chi connectivity index (χ0) is 11.5. The molecule has 5 heteroatoms. The molecule has 0 unspecified atom stereocenters. The van der Waals surface area contributed by atoms with Gasteiger partial charge in [-0.25, -0.2) is 4.98 Å². The van der Waals surface area contributed by atoms with Gasteiger partial charge in [0.25, 0.3) is 0 Å². The van der Waals surface area contributed by atoms with Gasteiger partial charge in [0, 0.05) is 12.6 Å². The van der Waals surface area contributed by atoms with E-state index in [0.29, 0.717) is 17.1 Å². The van der Waals surface area contributed by atoms with E-state index < -0.39 is 0 Å². The van der Waals surface area contributed by atoms with Crippen molar-refractivity contribution in [3.63, 3.8) is 0 Å². The van der Waals surface area contributed by atoms with Gasteiger partial charge < -0.3 is 4.90 Å². The number of rotatable bonds is 4. The van der Waals surface area contributed by atoms with E-state index in [2.05, 4.69) is 16.8 Å². The summed E-state index contributed by atoms with van der Waals surface area (Å²) in [5.74, 6) is 0.457. The zero-order valence-corrected chi connectivity index (χ0v) is 11.7. The zero-order valence-electron chi connectivity index (χ0n) is 9.38. The number of hydrogen-bond acceptors (Lipinski definition) is 3. The lowest BCUT2D eigenvalue weighted by Crippen LogP contribution is -2.32. The molecule has 0 spiro atoms. The van der Waals surface area contributed by atoms with Gasteiger partial charge >= 0.3 is 0 Å². The average Bonchev–Trinajstić information content (AvgIpc) is 2.89. The van der Waals surface area contributed by atoms with Gasteiger partial charge in [0.2, 0.25) is 0 Å². The van der Waals surface area contributed by atoms with Crippen molar-refractivity contribution in [2.24, 2.45) is 0 Å². The van der Waals surface area contributed by atoms with Crippen LogP contribution < -0.4 is 4.90 Å². The monoisotopic (exact) mass is 278 g/mol. The standard InChI is InChI=1S/C11H16Cl2N2S/c1-2-15(8-5-3-4-6-8)11-14-10(13)9(7-12)16-11/h8H,2-7H2,1H3. The summed E-state index contributed by atoms with van der Waals surface area (Å²) in [5, 5.41) is 1.61. The Kier molecular flexibility index (Phi) is 4.34. The van der Waals surface area contributed by atoms with Crippen LogP contribution in [0.1, 0.15) is 37.5 Å². The minimum Gasteiger partial charge on any atom is -0.345 e. The van der Waals surface area contributed by atoms with Crippen LogP contribution in [0.3, 0.4) is 0 Å². The molecule has 16 heavy (non-hydrogen) atoms. The van der Waals surface area contributed by atoms with Gasteiger partial charge in [-0.1, -0.05) is 35.8 Å². The van der Waals surface area contributed by atoms with E-state index in [1.54, 1.807) is 11.3 Å². The van der Waals surface area contributed by atoms with Crippen LogP contribution in [0, 0.1) is 0 Å². The van der Waals surface area contributed by atoms with Crippen LogP contribution in [0.25, 0.3) is 0 Å².